The first-order chi connectivity index (χ1) is 8.92. The Labute approximate surface area is 114 Å². The number of alkyl halides is 3. The summed E-state index contributed by atoms with van der Waals surface area (Å²) in [5, 5.41) is 12.0. The van der Waals surface area contributed by atoms with Gasteiger partial charge in [-0.25, -0.2) is 0 Å². The van der Waals surface area contributed by atoms with Crippen molar-refractivity contribution < 1.29 is 32.4 Å². The largest absolute Gasteiger partial charge is 0.416 e. The Morgan fingerprint density at radius 1 is 1.40 bits per heavy atom. The number of hydrogen-bond acceptors (Lipinski definition) is 4. The number of anilines is 1. The molecule has 0 aromatic heterocycles. The van der Waals surface area contributed by atoms with E-state index in [1.165, 1.54) is 0 Å². The maximum absolute atomic E-state index is 12.5. The Kier molecular flexibility index (Phi) is 4.65. The Morgan fingerprint density at radius 2 is 1.95 bits per heavy atom. The number of nitrogens with one attached hydrogen (secondary N) is 1. The summed E-state index contributed by atoms with van der Waals surface area (Å²) in [4.78, 5) is 26.9. The Bertz CT molecular complexity index is 588. The smallest absolute Gasteiger partial charge is 0.367 e. The normalized spacial score (nSPS) is 12.3. The zero-order valence-corrected chi connectivity index (χ0v) is 11.0. The van der Waals surface area contributed by atoms with Crippen molar-refractivity contribution >= 4 is 30.6 Å². The van der Waals surface area contributed by atoms with E-state index in [0.717, 1.165) is 0 Å². The Morgan fingerprint density at radius 3 is 2.35 bits per heavy atom. The van der Waals surface area contributed by atoms with E-state index in [1.54, 1.807) is 0 Å². The highest BCUT2D eigenvalue weighted by Crippen LogP contribution is 2.42. The molecule has 20 heavy (non-hydrogen) atoms. The minimum absolute atomic E-state index is 0.230. The van der Waals surface area contributed by atoms with Gasteiger partial charge < -0.3 is 15.1 Å². The molecular weight excluding hydrogens is 328 g/mol. The third-order valence-corrected chi connectivity index (χ3v) is 2.92. The first-order valence-corrected chi connectivity index (χ1v) is 6.93. The van der Waals surface area contributed by atoms with Crippen LogP contribution in [-0.2, 0) is 10.7 Å². The fraction of sp³-hybridized carbons (Fsp3) is 0.250. The molecule has 0 aliphatic heterocycles. The molecule has 0 saturated carbocycles. The summed E-state index contributed by atoms with van der Waals surface area (Å²) >= 11 is 5.49. The van der Waals surface area contributed by atoms with Crippen LogP contribution in [0, 0.1) is 10.1 Å². The van der Waals surface area contributed by atoms with E-state index >= 15 is 0 Å². The van der Waals surface area contributed by atoms with Gasteiger partial charge in [0.25, 0.3) is 5.69 Å². The van der Waals surface area contributed by atoms with Crippen molar-refractivity contribution in [1.82, 2.24) is 0 Å². The third kappa shape index (κ3) is 4.34. The van der Waals surface area contributed by atoms with Crippen molar-refractivity contribution in [3.05, 3.63) is 32.8 Å². The molecule has 0 atom stereocenters. The van der Waals surface area contributed by atoms with Crippen LogP contribution < -0.4 is 5.32 Å². The number of rotatable bonds is 4. The van der Waals surface area contributed by atoms with Crippen molar-refractivity contribution in [2.75, 3.05) is 11.6 Å². The molecule has 0 saturated heterocycles. The van der Waals surface area contributed by atoms with E-state index < -0.39 is 46.9 Å². The molecule has 0 spiro atoms. The monoisotopic (exact) mass is 334 g/mol. The van der Waals surface area contributed by atoms with Gasteiger partial charge in [0.15, 0.2) is 0 Å². The zero-order valence-electron chi connectivity index (χ0n) is 9.39. The lowest BCUT2D eigenvalue weighted by Crippen LogP contribution is -2.09. The average Bonchev–Trinajstić information content (AvgIpc) is 2.23. The second-order valence-corrected chi connectivity index (χ2v) is 5.66. The van der Waals surface area contributed by atoms with Crippen LogP contribution in [-0.4, -0.2) is 21.0 Å². The number of hydrogen-bond donors (Lipinski definition) is 3. The van der Waals surface area contributed by atoms with Crippen LogP contribution in [0.2, 0.25) is 5.02 Å². The molecule has 0 unspecified atom stereocenters. The molecular formula is C8H7ClF3N2O5P. The number of benzene rings is 1. The maximum atomic E-state index is 12.5. The average molecular weight is 335 g/mol. The van der Waals surface area contributed by atoms with Crippen molar-refractivity contribution in [3.63, 3.8) is 0 Å². The summed E-state index contributed by atoms with van der Waals surface area (Å²) in [6.07, 6.45) is -5.84. The molecule has 1 rings (SSSR count). The van der Waals surface area contributed by atoms with Gasteiger partial charge in [0.1, 0.15) is 12.0 Å². The Hall–Kier alpha value is -1.35. The molecule has 0 aliphatic rings. The lowest BCUT2D eigenvalue weighted by Gasteiger charge is -2.13. The van der Waals surface area contributed by atoms with Gasteiger partial charge in [-0.3, -0.25) is 14.7 Å². The fourth-order valence-corrected chi connectivity index (χ4v) is 1.90. The predicted molar refractivity (Wildman–Crippen MR) is 63.6 cm³/mol. The molecule has 0 aliphatic carbocycles. The molecule has 1 aromatic carbocycles. The second-order valence-electron chi connectivity index (χ2n) is 3.61. The highest BCUT2D eigenvalue weighted by molar-refractivity contribution is 7.51. The first kappa shape index (κ1) is 16.7. The predicted octanol–water partition coefficient (Wildman–Crippen LogP) is 2.81. The van der Waals surface area contributed by atoms with Gasteiger partial charge in [-0.05, 0) is 6.07 Å². The van der Waals surface area contributed by atoms with E-state index in [-0.39, 0.29) is 6.07 Å². The zero-order chi connectivity index (χ0) is 15.7. The number of halogens is 4. The fourth-order valence-electron chi connectivity index (χ4n) is 1.26. The lowest BCUT2D eigenvalue weighted by molar-refractivity contribution is -0.384. The SMILES string of the molecule is O=[N+]([O-])c1cc(C(F)(F)F)cc(Cl)c1NCP(=O)(O)O. The summed E-state index contributed by atoms with van der Waals surface area (Å²) in [5.41, 5.74) is -2.96. The lowest BCUT2D eigenvalue weighted by atomic mass is 10.1. The van der Waals surface area contributed by atoms with Crippen molar-refractivity contribution in [2.45, 2.75) is 6.18 Å². The summed E-state index contributed by atoms with van der Waals surface area (Å²) < 4.78 is 48.1. The summed E-state index contributed by atoms with van der Waals surface area (Å²) in [6, 6.07) is 0.657. The van der Waals surface area contributed by atoms with Crippen molar-refractivity contribution in [3.8, 4) is 0 Å². The van der Waals surface area contributed by atoms with Gasteiger partial charge in [0, 0.05) is 6.07 Å². The van der Waals surface area contributed by atoms with E-state index in [4.69, 9.17) is 21.4 Å². The van der Waals surface area contributed by atoms with E-state index in [2.05, 4.69) is 0 Å². The van der Waals surface area contributed by atoms with Crippen LogP contribution in [0.1, 0.15) is 5.56 Å². The molecule has 0 fully saturated rings. The summed E-state index contributed by atoms with van der Waals surface area (Å²) in [5.74, 6) is 0. The topological polar surface area (TPSA) is 113 Å². The van der Waals surface area contributed by atoms with Gasteiger partial charge in [0.05, 0.1) is 15.5 Å². The van der Waals surface area contributed by atoms with Crippen LogP contribution in [0.4, 0.5) is 24.5 Å². The highest BCUT2D eigenvalue weighted by Gasteiger charge is 2.34. The first-order valence-electron chi connectivity index (χ1n) is 4.75. The van der Waals surface area contributed by atoms with Crippen molar-refractivity contribution in [1.29, 1.82) is 0 Å². The quantitative estimate of drug-likeness (QED) is 0.443. The highest BCUT2D eigenvalue weighted by atomic mass is 35.5. The van der Waals surface area contributed by atoms with Crippen LogP contribution in [0.25, 0.3) is 0 Å². The second kappa shape index (κ2) is 5.57. The van der Waals surface area contributed by atoms with Gasteiger partial charge >= 0.3 is 13.8 Å². The summed E-state index contributed by atoms with van der Waals surface area (Å²) in [7, 11) is -4.56. The summed E-state index contributed by atoms with van der Waals surface area (Å²) in [6.45, 7) is 0. The molecule has 0 heterocycles. The molecule has 7 nitrogen and oxygen atoms in total. The van der Waals surface area contributed by atoms with Gasteiger partial charge in [0.2, 0.25) is 0 Å². The van der Waals surface area contributed by atoms with Crippen LogP contribution in [0.5, 0.6) is 0 Å². The van der Waals surface area contributed by atoms with E-state index in [1.807, 2.05) is 5.32 Å². The van der Waals surface area contributed by atoms with E-state index in [9.17, 15) is 27.9 Å². The maximum Gasteiger partial charge on any atom is 0.416 e. The third-order valence-electron chi connectivity index (χ3n) is 2.06. The van der Waals surface area contributed by atoms with Gasteiger partial charge in [-0.15, -0.1) is 0 Å². The minimum atomic E-state index is -4.84. The van der Waals surface area contributed by atoms with Crippen molar-refractivity contribution in [2.24, 2.45) is 0 Å². The molecule has 0 radical (unpaired) electrons. The van der Waals surface area contributed by atoms with E-state index in [0.29, 0.717) is 6.07 Å². The van der Waals surface area contributed by atoms with Crippen LogP contribution in [0.15, 0.2) is 12.1 Å². The van der Waals surface area contributed by atoms with Gasteiger partial charge in [-0.2, -0.15) is 13.2 Å². The Balaban J connectivity index is 3.31. The van der Waals surface area contributed by atoms with Gasteiger partial charge in [-0.1, -0.05) is 11.6 Å². The molecule has 3 N–H and O–H groups in total. The van der Waals surface area contributed by atoms with Crippen LogP contribution in [0.3, 0.4) is 0 Å². The molecule has 12 heteroatoms. The molecule has 0 bridgehead atoms. The molecule has 112 valence electrons. The minimum Gasteiger partial charge on any atom is -0.367 e. The molecule has 1 aromatic rings. The number of nitro benzene ring substituents is 1. The number of nitrogens with zero attached hydrogens (tertiary/aromatic N) is 1. The number of nitro groups is 1. The standard InChI is InChI=1S/C8H7ClF3N2O5P/c9-5-1-4(8(10,11)12)2-6(14(15)16)7(5)13-3-20(17,18)19/h1-2,13H,3H2,(H2,17,18,19). The molecule has 0 amide bonds. The van der Waals surface area contributed by atoms with Crippen LogP contribution >= 0.6 is 19.2 Å².